The zero-order valence-corrected chi connectivity index (χ0v) is 10.4. The van der Waals surface area contributed by atoms with E-state index in [-0.39, 0.29) is 5.92 Å². The first-order valence-corrected chi connectivity index (χ1v) is 5.45. The highest BCUT2D eigenvalue weighted by atomic mass is 15.8. The maximum Gasteiger partial charge on any atom is 0.242 e. The van der Waals surface area contributed by atoms with Crippen LogP contribution in [0, 0.1) is 5.92 Å². The smallest absolute Gasteiger partial charge is 0.242 e. The SMILES string of the molecule is C\C=C/C=N\C(=N/C)N1NNN=C1C(C)CN. The molecule has 0 saturated carbocycles. The molecule has 1 rings (SSSR count). The number of hydrogen-bond donors (Lipinski definition) is 3. The molecule has 0 radical (unpaired) electrons. The van der Waals surface area contributed by atoms with Crippen LogP contribution in [0.25, 0.3) is 0 Å². The number of hydrogen-bond acceptors (Lipinski definition) is 5. The molecule has 1 unspecified atom stereocenters. The number of nitrogens with zero attached hydrogens (tertiary/aromatic N) is 4. The van der Waals surface area contributed by atoms with Gasteiger partial charge in [0.05, 0.1) is 0 Å². The van der Waals surface area contributed by atoms with Crippen molar-refractivity contribution in [1.82, 2.24) is 16.1 Å². The molecule has 94 valence electrons. The highest BCUT2D eigenvalue weighted by molar-refractivity contribution is 6.03. The van der Waals surface area contributed by atoms with E-state index in [2.05, 4.69) is 26.2 Å². The lowest BCUT2D eigenvalue weighted by molar-refractivity contribution is 0.401. The second-order valence-electron chi connectivity index (χ2n) is 3.49. The largest absolute Gasteiger partial charge is 0.330 e. The molecule has 7 nitrogen and oxygen atoms in total. The molecule has 7 heteroatoms. The third kappa shape index (κ3) is 3.36. The molecule has 17 heavy (non-hydrogen) atoms. The van der Waals surface area contributed by atoms with Gasteiger partial charge in [-0.15, -0.1) is 10.6 Å². The van der Waals surface area contributed by atoms with E-state index in [1.165, 1.54) is 0 Å². The highest BCUT2D eigenvalue weighted by Crippen LogP contribution is 2.05. The van der Waals surface area contributed by atoms with Gasteiger partial charge >= 0.3 is 0 Å². The minimum absolute atomic E-state index is 0.117. The monoisotopic (exact) mass is 237 g/mol. The number of hydrazone groups is 1. The van der Waals surface area contributed by atoms with Crippen molar-refractivity contribution in [2.24, 2.45) is 26.7 Å². The molecule has 0 spiro atoms. The Morgan fingerprint density at radius 3 is 3.00 bits per heavy atom. The lowest BCUT2D eigenvalue weighted by Gasteiger charge is -2.20. The fourth-order valence-electron chi connectivity index (χ4n) is 1.24. The summed E-state index contributed by atoms with van der Waals surface area (Å²) in [6, 6.07) is 0. The molecule has 4 N–H and O–H groups in total. The molecule has 0 bridgehead atoms. The first-order valence-electron chi connectivity index (χ1n) is 5.45. The summed E-state index contributed by atoms with van der Waals surface area (Å²) in [4.78, 5) is 8.32. The van der Waals surface area contributed by atoms with Gasteiger partial charge in [-0.2, -0.15) is 0 Å². The number of aliphatic imine (C=N–C) groups is 2. The van der Waals surface area contributed by atoms with Crippen molar-refractivity contribution in [1.29, 1.82) is 0 Å². The predicted octanol–water partition coefficient (Wildman–Crippen LogP) is -0.148. The van der Waals surface area contributed by atoms with E-state index >= 15 is 0 Å². The second-order valence-corrected chi connectivity index (χ2v) is 3.49. The first-order chi connectivity index (χ1) is 8.24. The average Bonchev–Trinajstić information content (AvgIpc) is 2.83. The molecule has 0 amide bonds. The molecule has 1 atom stereocenters. The van der Waals surface area contributed by atoms with E-state index in [4.69, 9.17) is 5.73 Å². The quantitative estimate of drug-likeness (QED) is 0.470. The minimum Gasteiger partial charge on any atom is -0.330 e. The Bertz CT molecular complexity index is 356. The third-order valence-corrected chi connectivity index (χ3v) is 2.22. The van der Waals surface area contributed by atoms with Crippen LogP contribution < -0.4 is 16.8 Å². The van der Waals surface area contributed by atoms with Crippen LogP contribution in [0.1, 0.15) is 13.8 Å². The van der Waals surface area contributed by atoms with E-state index in [1.807, 2.05) is 26.0 Å². The van der Waals surface area contributed by atoms with E-state index in [9.17, 15) is 0 Å². The molecule has 1 heterocycles. The summed E-state index contributed by atoms with van der Waals surface area (Å²) in [5.41, 5.74) is 11.2. The Labute approximate surface area is 101 Å². The van der Waals surface area contributed by atoms with Crippen molar-refractivity contribution in [3.63, 3.8) is 0 Å². The molecule has 0 aromatic heterocycles. The van der Waals surface area contributed by atoms with Crippen molar-refractivity contribution >= 4 is 18.0 Å². The molecule has 0 saturated heterocycles. The number of nitrogens with one attached hydrogen (secondary N) is 2. The Hall–Kier alpha value is -1.73. The van der Waals surface area contributed by atoms with Crippen LogP contribution in [0.2, 0.25) is 0 Å². The fraction of sp³-hybridized carbons (Fsp3) is 0.500. The fourth-order valence-corrected chi connectivity index (χ4v) is 1.24. The van der Waals surface area contributed by atoms with Gasteiger partial charge in [-0.3, -0.25) is 4.99 Å². The number of rotatable bonds is 3. The summed E-state index contributed by atoms with van der Waals surface area (Å²) in [7, 11) is 1.67. The van der Waals surface area contributed by atoms with Crippen molar-refractivity contribution in [3.8, 4) is 0 Å². The van der Waals surface area contributed by atoms with E-state index in [0.29, 0.717) is 12.5 Å². The second kappa shape index (κ2) is 6.77. The van der Waals surface area contributed by atoms with E-state index in [1.54, 1.807) is 18.3 Å². The molecule has 1 aliphatic rings. The zero-order chi connectivity index (χ0) is 12.7. The lowest BCUT2D eigenvalue weighted by atomic mass is 10.1. The van der Waals surface area contributed by atoms with Crippen LogP contribution in [0.3, 0.4) is 0 Å². The van der Waals surface area contributed by atoms with Crippen LogP contribution in [0.15, 0.2) is 27.2 Å². The van der Waals surface area contributed by atoms with Crippen molar-refractivity contribution in [2.75, 3.05) is 13.6 Å². The van der Waals surface area contributed by atoms with Gasteiger partial charge in [0.25, 0.3) is 0 Å². The van der Waals surface area contributed by atoms with Gasteiger partial charge in [0.2, 0.25) is 5.96 Å². The Kier molecular flexibility index (Phi) is 5.31. The van der Waals surface area contributed by atoms with Gasteiger partial charge in [-0.1, -0.05) is 13.0 Å². The lowest BCUT2D eigenvalue weighted by Crippen LogP contribution is -2.47. The number of guanidine groups is 1. The number of amidine groups is 1. The Morgan fingerprint density at radius 2 is 2.41 bits per heavy atom. The molecule has 0 aromatic rings. The number of nitrogens with two attached hydrogens (primary N) is 1. The van der Waals surface area contributed by atoms with Crippen molar-refractivity contribution in [2.45, 2.75) is 13.8 Å². The summed E-state index contributed by atoms with van der Waals surface area (Å²) in [5, 5.41) is 5.79. The average molecular weight is 237 g/mol. The van der Waals surface area contributed by atoms with Gasteiger partial charge in [-0.05, 0) is 13.0 Å². The van der Waals surface area contributed by atoms with Crippen LogP contribution in [-0.4, -0.2) is 36.6 Å². The molecule has 1 aliphatic heterocycles. The molecule has 0 aromatic carbocycles. The maximum absolute atomic E-state index is 5.62. The summed E-state index contributed by atoms with van der Waals surface area (Å²) in [5.74, 6) is 1.41. The Balaban J connectivity index is 2.80. The van der Waals surface area contributed by atoms with Gasteiger partial charge in [0.1, 0.15) is 0 Å². The van der Waals surface area contributed by atoms with Gasteiger partial charge in [-0.25, -0.2) is 15.5 Å². The zero-order valence-electron chi connectivity index (χ0n) is 10.4. The number of hydrazine groups is 2. The van der Waals surface area contributed by atoms with Gasteiger partial charge in [0.15, 0.2) is 5.84 Å². The van der Waals surface area contributed by atoms with Crippen LogP contribution in [0.4, 0.5) is 0 Å². The van der Waals surface area contributed by atoms with E-state index in [0.717, 1.165) is 5.84 Å². The third-order valence-electron chi connectivity index (χ3n) is 2.22. The van der Waals surface area contributed by atoms with Crippen molar-refractivity contribution in [3.05, 3.63) is 12.2 Å². The van der Waals surface area contributed by atoms with Crippen molar-refractivity contribution < 1.29 is 0 Å². The van der Waals surface area contributed by atoms with Crippen LogP contribution >= 0.6 is 0 Å². The highest BCUT2D eigenvalue weighted by Gasteiger charge is 2.25. The maximum atomic E-state index is 5.62. The summed E-state index contributed by atoms with van der Waals surface area (Å²) in [6.45, 7) is 4.42. The van der Waals surface area contributed by atoms with Gasteiger partial charge < -0.3 is 5.73 Å². The molecule has 0 aliphatic carbocycles. The molecular weight excluding hydrogens is 218 g/mol. The van der Waals surface area contributed by atoms with Gasteiger partial charge in [0, 0.05) is 25.7 Å². The standard InChI is InChI=1S/C10H19N7/c1-4-5-6-13-10(12-3)17-9(8(2)7-11)14-15-16-17/h4-6,8,15-16H,7,11H2,1-3H3/b5-4-,12-10+,13-6-. The summed E-state index contributed by atoms with van der Waals surface area (Å²) >= 11 is 0. The molecular formula is C10H19N7. The molecule has 0 fully saturated rings. The van der Waals surface area contributed by atoms with Crippen LogP contribution in [0.5, 0.6) is 0 Å². The predicted molar refractivity (Wildman–Crippen MR) is 70.4 cm³/mol. The minimum atomic E-state index is 0.117. The summed E-state index contributed by atoms with van der Waals surface area (Å²) < 4.78 is 0. The van der Waals surface area contributed by atoms with E-state index < -0.39 is 0 Å². The number of allylic oxidation sites excluding steroid dienone is 2. The topological polar surface area (TPSA) is 90.4 Å². The summed E-state index contributed by atoms with van der Waals surface area (Å²) in [6.07, 6.45) is 5.40. The first kappa shape index (κ1) is 13.3. The van der Waals surface area contributed by atoms with Crippen LogP contribution in [-0.2, 0) is 0 Å². The Morgan fingerprint density at radius 1 is 1.65 bits per heavy atom. The normalized spacial score (nSPS) is 18.9.